The lowest BCUT2D eigenvalue weighted by Gasteiger charge is -2.09. The van der Waals surface area contributed by atoms with Crippen molar-refractivity contribution < 1.29 is 18.3 Å². The van der Waals surface area contributed by atoms with Crippen LogP contribution >= 0.6 is 0 Å². The monoisotopic (exact) mass is 236 g/mol. The van der Waals surface area contributed by atoms with E-state index in [0.29, 0.717) is 13.0 Å². The average Bonchev–Trinajstić information content (AvgIpc) is 2.14. The lowest BCUT2D eigenvalue weighted by Crippen LogP contribution is -2.14. The van der Waals surface area contributed by atoms with Gasteiger partial charge in [-0.1, -0.05) is 19.4 Å². The summed E-state index contributed by atoms with van der Waals surface area (Å²) in [5.41, 5.74) is -2.42. The molecule has 0 saturated carbocycles. The highest BCUT2D eigenvalue weighted by molar-refractivity contribution is 6.13. The van der Waals surface area contributed by atoms with Gasteiger partial charge in [0.2, 0.25) is 5.55 Å². The molecule has 0 spiro atoms. The molecule has 0 aromatic rings. The van der Waals surface area contributed by atoms with Gasteiger partial charge in [-0.15, -0.1) is 0 Å². The molecule has 0 saturated heterocycles. The fourth-order valence-electron chi connectivity index (χ4n) is 1.12. The second-order valence-corrected chi connectivity index (χ2v) is 5.07. The van der Waals surface area contributed by atoms with Crippen LogP contribution in [0.4, 0.5) is 8.78 Å². The Kier molecular flexibility index (Phi) is 7.20. The second kappa shape index (κ2) is 7.56. The van der Waals surface area contributed by atoms with Gasteiger partial charge < -0.3 is 4.74 Å². The normalized spacial score (nSPS) is 11.3. The van der Waals surface area contributed by atoms with Crippen molar-refractivity contribution in [3.05, 3.63) is 12.7 Å². The number of alkyl halides is 2. The maximum Gasteiger partial charge on any atom is 0.330 e. The van der Waals surface area contributed by atoms with Crippen molar-refractivity contribution in [2.24, 2.45) is 0 Å². The molecule has 5 heteroatoms. The third kappa shape index (κ3) is 11.2. The van der Waals surface area contributed by atoms with Crippen molar-refractivity contribution in [1.82, 2.24) is 0 Å². The molecule has 88 valence electrons. The largest absolute Gasteiger partial charge is 0.463 e. The number of unbranched alkanes of at least 4 members (excludes halogenated alkanes) is 3. The molecule has 0 N–H and O–H groups in total. The van der Waals surface area contributed by atoms with E-state index in [9.17, 15) is 13.6 Å². The third-order valence-electron chi connectivity index (χ3n) is 1.92. The maximum absolute atomic E-state index is 12.4. The molecule has 0 bridgehead atoms. The van der Waals surface area contributed by atoms with Gasteiger partial charge in [-0.2, -0.15) is 0 Å². The first-order valence-corrected chi connectivity index (χ1v) is 6.13. The maximum atomic E-state index is 12.4. The van der Waals surface area contributed by atoms with Gasteiger partial charge in [0.1, 0.15) is 0 Å². The van der Waals surface area contributed by atoms with Crippen LogP contribution in [-0.2, 0) is 9.53 Å². The van der Waals surface area contributed by atoms with Crippen molar-refractivity contribution in [2.45, 2.75) is 37.6 Å². The van der Waals surface area contributed by atoms with E-state index in [1.54, 1.807) is 0 Å². The minimum atomic E-state index is -2.42. The Hall–Kier alpha value is -0.713. The van der Waals surface area contributed by atoms with Crippen molar-refractivity contribution in [3.8, 4) is 0 Å². The van der Waals surface area contributed by atoms with Gasteiger partial charge >= 0.3 is 5.97 Å². The van der Waals surface area contributed by atoms with Crippen LogP contribution < -0.4 is 0 Å². The fraction of sp³-hybridized carbons (Fsp3) is 0.700. The minimum Gasteiger partial charge on any atom is -0.463 e. The third-order valence-corrected chi connectivity index (χ3v) is 2.42. The van der Waals surface area contributed by atoms with Crippen LogP contribution in [0.1, 0.15) is 32.1 Å². The molecule has 0 heterocycles. The molecule has 0 aliphatic heterocycles. The van der Waals surface area contributed by atoms with Gasteiger partial charge in [0, 0.05) is 12.5 Å². The summed E-state index contributed by atoms with van der Waals surface area (Å²) in [4.78, 5) is 10.6. The van der Waals surface area contributed by atoms with E-state index in [2.05, 4.69) is 6.58 Å². The lowest BCUT2D eigenvalue weighted by molar-refractivity contribution is -0.137. The molecular weight excluding hydrogens is 218 g/mol. The number of halogens is 2. The summed E-state index contributed by atoms with van der Waals surface area (Å²) < 4.78 is 29.6. The Balaban J connectivity index is 3.19. The molecule has 0 aromatic heterocycles. The Bertz CT molecular complexity index is 202. The number of esters is 1. The van der Waals surface area contributed by atoms with E-state index in [4.69, 9.17) is 4.74 Å². The molecule has 0 unspecified atom stereocenters. The van der Waals surface area contributed by atoms with Crippen LogP contribution in [-0.4, -0.2) is 28.4 Å². The van der Waals surface area contributed by atoms with Gasteiger partial charge in [-0.3, -0.25) is 0 Å². The predicted octanol–water partition coefficient (Wildman–Crippen LogP) is 1.62. The Labute approximate surface area is 92.1 Å². The molecule has 0 aliphatic rings. The smallest absolute Gasteiger partial charge is 0.330 e. The first-order chi connectivity index (χ1) is 6.95. The van der Waals surface area contributed by atoms with E-state index in [0.717, 1.165) is 25.3 Å². The summed E-state index contributed by atoms with van der Waals surface area (Å²) in [7, 11) is -0.0681. The van der Waals surface area contributed by atoms with Crippen molar-refractivity contribution in [2.75, 3.05) is 6.61 Å². The Morgan fingerprint density at radius 1 is 1.33 bits per heavy atom. The number of ether oxygens (including phenoxy) is 1. The first kappa shape index (κ1) is 14.3. The standard InChI is InChI=1S/C10H18F2O2Si/c1-2-9(13)14-8-6-4-3-5-7-10(11,12)15/h2H,1,3-8H2,15H3. The van der Waals surface area contributed by atoms with Crippen LogP contribution in [0, 0.1) is 0 Å². The van der Waals surface area contributed by atoms with E-state index >= 15 is 0 Å². The summed E-state index contributed by atoms with van der Waals surface area (Å²) in [6.45, 7) is 3.61. The number of hydrogen-bond donors (Lipinski definition) is 0. The summed E-state index contributed by atoms with van der Waals surface area (Å²) >= 11 is 0. The molecule has 15 heavy (non-hydrogen) atoms. The molecule has 0 atom stereocenters. The fourth-order valence-corrected chi connectivity index (χ4v) is 1.48. The summed E-state index contributed by atoms with van der Waals surface area (Å²) in [6.07, 6.45) is 3.97. The number of carbonyl (C=O) groups excluding carboxylic acids is 1. The van der Waals surface area contributed by atoms with Gasteiger partial charge in [-0.05, 0) is 12.8 Å². The Morgan fingerprint density at radius 2 is 1.93 bits per heavy atom. The molecule has 0 radical (unpaired) electrons. The highest BCUT2D eigenvalue weighted by Gasteiger charge is 2.18. The second-order valence-electron chi connectivity index (χ2n) is 3.61. The molecule has 0 amide bonds. The van der Waals surface area contributed by atoms with Gasteiger partial charge in [-0.25, -0.2) is 13.6 Å². The first-order valence-electron chi connectivity index (χ1n) is 5.13. The highest BCUT2D eigenvalue weighted by Crippen LogP contribution is 2.17. The molecule has 0 aliphatic carbocycles. The molecule has 2 nitrogen and oxygen atoms in total. The van der Waals surface area contributed by atoms with Gasteiger partial charge in [0.25, 0.3) is 0 Å². The van der Waals surface area contributed by atoms with E-state index < -0.39 is 11.5 Å². The Morgan fingerprint density at radius 3 is 2.47 bits per heavy atom. The predicted molar refractivity (Wildman–Crippen MR) is 59.1 cm³/mol. The van der Waals surface area contributed by atoms with Gasteiger partial charge in [0.15, 0.2) is 0 Å². The topological polar surface area (TPSA) is 26.3 Å². The minimum absolute atomic E-state index is 0.00827. The SMILES string of the molecule is C=CC(=O)OCCCCCCC(F)(F)[SiH3]. The van der Waals surface area contributed by atoms with Gasteiger partial charge in [0.05, 0.1) is 16.8 Å². The quantitative estimate of drug-likeness (QED) is 0.277. The van der Waals surface area contributed by atoms with Crippen LogP contribution in [0.15, 0.2) is 12.7 Å². The number of carbonyl (C=O) groups is 1. The number of rotatable bonds is 8. The lowest BCUT2D eigenvalue weighted by atomic mass is 10.1. The van der Waals surface area contributed by atoms with Crippen molar-refractivity contribution in [3.63, 3.8) is 0 Å². The van der Waals surface area contributed by atoms with E-state index in [-0.39, 0.29) is 16.7 Å². The average molecular weight is 236 g/mol. The highest BCUT2D eigenvalue weighted by atomic mass is 28.1. The van der Waals surface area contributed by atoms with Crippen molar-refractivity contribution >= 4 is 16.2 Å². The summed E-state index contributed by atoms with van der Waals surface area (Å²) in [5.74, 6) is -0.430. The molecule has 0 rings (SSSR count). The molecule has 0 fully saturated rings. The van der Waals surface area contributed by atoms with Crippen LogP contribution in [0.2, 0.25) is 0 Å². The molecule has 0 aromatic carbocycles. The van der Waals surface area contributed by atoms with E-state index in [1.165, 1.54) is 0 Å². The summed E-state index contributed by atoms with van der Waals surface area (Å²) in [6, 6.07) is 0. The van der Waals surface area contributed by atoms with E-state index in [1.807, 2.05) is 0 Å². The van der Waals surface area contributed by atoms with Crippen LogP contribution in [0.5, 0.6) is 0 Å². The summed E-state index contributed by atoms with van der Waals surface area (Å²) in [5, 5.41) is 0. The zero-order valence-corrected chi connectivity index (χ0v) is 11.1. The van der Waals surface area contributed by atoms with Crippen LogP contribution in [0.3, 0.4) is 0 Å². The zero-order chi connectivity index (χ0) is 11.7. The zero-order valence-electron chi connectivity index (χ0n) is 9.10. The number of hydrogen-bond acceptors (Lipinski definition) is 2. The molecular formula is C10H18F2O2Si. The van der Waals surface area contributed by atoms with Crippen molar-refractivity contribution in [1.29, 1.82) is 0 Å². The van der Waals surface area contributed by atoms with Crippen LogP contribution in [0.25, 0.3) is 0 Å².